The number of imidazole rings is 1. The molecule has 10 heteroatoms. The number of fused-ring (bicyclic) bond motifs is 1. The largest absolute Gasteiger partial charge is 0.772 e. The molecule has 0 spiro atoms. The maximum atomic E-state index is 9.76. The van der Waals surface area contributed by atoms with E-state index < -0.39 is 11.1 Å². The number of anilines is 1. The highest BCUT2D eigenvalue weighted by molar-refractivity contribution is 7.80. The summed E-state index contributed by atoms with van der Waals surface area (Å²) in [6.07, 6.45) is 5.40. The van der Waals surface area contributed by atoms with Crippen molar-refractivity contribution in [1.29, 1.82) is 0 Å². The van der Waals surface area contributed by atoms with Gasteiger partial charge < -0.3 is 19.2 Å². The van der Waals surface area contributed by atoms with Crippen molar-refractivity contribution < 1.29 is 13.5 Å². The number of hydrogen-bond acceptors (Lipinski definition) is 7. The fourth-order valence-corrected chi connectivity index (χ4v) is 4.26. The van der Waals surface area contributed by atoms with E-state index in [9.17, 15) is 8.76 Å². The van der Waals surface area contributed by atoms with Crippen molar-refractivity contribution in [2.45, 2.75) is 25.0 Å². The Kier molecular flexibility index (Phi) is 6.21. The Hall–Kier alpha value is -3.08. The molecule has 2 fully saturated rings. The van der Waals surface area contributed by atoms with Gasteiger partial charge in [0, 0.05) is 36.2 Å². The molecule has 1 aromatic carbocycles. The van der Waals surface area contributed by atoms with Gasteiger partial charge in [0.15, 0.2) is 11.5 Å². The third-order valence-corrected chi connectivity index (χ3v) is 6.66. The van der Waals surface area contributed by atoms with E-state index in [1.54, 1.807) is 6.33 Å². The maximum absolute atomic E-state index is 9.76. The van der Waals surface area contributed by atoms with Crippen LogP contribution >= 0.6 is 0 Å². The summed E-state index contributed by atoms with van der Waals surface area (Å²) in [7, 11) is 0. The molecule has 1 unspecified atom stereocenters. The van der Waals surface area contributed by atoms with Crippen molar-refractivity contribution in [3.8, 4) is 17.1 Å². The molecule has 3 aromatic heterocycles. The molecule has 172 valence electrons. The third kappa shape index (κ3) is 4.97. The minimum absolute atomic E-state index is 0.0185. The van der Waals surface area contributed by atoms with E-state index >= 15 is 0 Å². The lowest BCUT2D eigenvalue weighted by Gasteiger charge is -2.29. The highest BCUT2D eigenvalue weighted by Gasteiger charge is 2.21. The van der Waals surface area contributed by atoms with Crippen LogP contribution in [0, 0.1) is 6.92 Å². The first-order chi connectivity index (χ1) is 16.1. The molecule has 1 aliphatic heterocycles. The molecule has 4 heterocycles. The van der Waals surface area contributed by atoms with Crippen LogP contribution in [0.1, 0.15) is 18.4 Å². The standard InChI is InChI=1S/C20H20N6O.C3H6O2S/c1-14-3-2-4-15(11-14)16-5-6-26(24-16)18-12-17(25-7-9-27-10-8-25)19-20(23-18)22-13-21-19;4-6(5)3-1-2-3/h2-6,11-13H,7-10H2,1H3,(H,21,22,23);3H,1-2H2,(H,4,5)/p-1. The smallest absolute Gasteiger partial charge is 0.181 e. The average molecular weight is 466 g/mol. The van der Waals surface area contributed by atoms with Gasteiger partial charge in [-0.3, -0.25) is 4.21 Å². The maximum Gasteiger partial charge on any atom is 0.181 e. The number of nitrogens with one attached hydrogen (secondary N) is 1. The molecular weight excluding hydrogens is 440 g/mol. The van der Waals surface area contributed by atoms with Crippen molar-refractivity contribution in [3.63, 3.8) is 0 Å². The highest BCUT2D eigenvalue weighted by atomic mass is 32.2. The summed E-state index contributed by atoms with van der Waals surface area (Å²) < 4.78 is 26.8. The molecule has 0 radical (unpaired) electrons. The average Bonchev–Trinajstić information content (AvgIpc) is 3.38. The van der Waals surface area contributed by atoms with E-state index in [-0.39, 0.29) is 5.25 Å². The lowest BCUT2D eigenvalue weighted by molar-refractivity contribution is 0.123. The third-order valence-electron chi connectivity index (χ3n) is 5.65. The Morgan fingerprint density at radius 1 is 1.18 bits per heavy atom. The van der Waals surface area contributed by atoms with Crippen LogP contribution in [0.5, 0.6) is 0 Å². The molecule has 4 aromatic rings. The summed E-state index contributed by atoms with van der Waals surface area (Å²) in [6, 6.07) is 12.4. The van der Waals surface area contributed by atoms with Crippen molar-refractivity contribution in [2.75, 3.05) is 31.2 Å². The topological polar surface area (TPSA) is 112 Å². The first kappa shape index (κ1) is 21.7. The van der Waals surface area contributed by atoms with Gasteiger partial charge in [-0.15, -0.1) is 0 Å². The summed E-state index contributed by atoms with van der Waals surface area (Å²) in [5.41, 5.74) is 5.97. The molecule has 0 bridgehead atoms. The zero-order chi connectivity index (χ0) is 22.8. The molecule has 6 rings (SSSR count). The molecule has 33 heavy (non-hydrogen) atoms. The quantitative estimate of drug-likeness (QED) is 0.461. The van der Waals surface area contributed by atoms with Gasteiger partial charge in [-0.1, -0.05) is 34.8 Å². The van der Waals surface area contributed by atoms with E-state index in [4.69, 9.17) is 9.84 Å². The summed E-state index contributed by atoms with van der Waals surface area (Å²) in [6.45, 7) is 5.25. The van der Waals surface area contributed by atoms with Gasteiger partial charge in [0.05, 0.1) is 30.9 Å². The fraction of sp³-hybridized carbons (Fsp3) is 0.348. The molecule has 1 atom stereocenters. The molecule has 1 saturated heterocycles. The second kappa shape index (κ2) is 9.42. The van der Waals surface area contributed by atoms with Gasteiger partial charge in [-0.25, -0.2) is 14.6 Å². The van der Waals surface area contributed by atoms with E-state index in [2.05, 4.69) is 51.0 Å². The molecular formula is C23H25N6O3S-. The lowest BCUT2D eigenvalue weighted by Crippen LogP contribution is -2.36. The van der Waals surface area contributed by atoms with Crippen LogP contribution in [-0.4, -0.2) is 65.0 Å². The number of benzene rings is 1. The SMILES string of the molecule is Cc1cccc(-c2ccn(-c3cc(N4CCOCC4)c4[nH]cnc4n3)n2)c1.O=S([O-])C1CC1. The first-order valence-electron chi connectivity index (χ1n) is 11.0. The van der Waals surface area contributed by atoms with Crippen LogP contribution in [0.3, 0.4) is 0 Å². The summed E-state index contributed by atoms with van der Waals surface area (Å²) in [5, 5.41) is 4.76. The molecule has 9 nitrogen and oxygen atoms in total. The van der Waals surface area contributed by atoms with Crippen LogP contribution in [0.4, 0.5) is 5.69 Å². The van der Waals surface area contributed by atoms with E-state index in [1.807, 2.05) is 23.0 Å². The van der Waals surface area contributed by atoms with Gasteiger partial charge in [0.25, 0.3) is 0 Å². The predicted molar refractivity (Wildman–Crippen MR) is 126 cm³/mol. The van der Waals surface area contributed by atoms with Crippen LogP contribution in [-0.2, 0) is 15.8 Å². The van der Waals surface area contributed by atoms with Crippen LogP contribution < -0.4 is 4.90 Å². The van der Waals surface area contributed by atoms with Gasteiger partial charge in [-0.2, -0.15) is 5.10 Å². The summed E-state index contributed by atoms with van der Waals surface area (Å²) in [5.74, 6) is 0.759. The summed E-state index contributed by atoms with van der Waals surface area (Å²) in [4.78, 5) is 14.6. The van der Waals surface area contributed by atoms with E-state index in [0.29, 0.717) is 5.65 Å². The molecule has 1 N–H and O–H groups in total. The van der Waals surface area contributed by atoms with Gasteiger partial charge in [0.2, 0.25) is 0 Å². The van der Waals surface area contributed by atoms with Crippen molar-refractivity contribution in [3.05, 3.63) is 54.5 Å². The lowest BCUT2D eigenvalue weighted by atomic mass is 10.1. The zero-order valence-electron chi connectivity index (χ0n) is 18.3. The van der Waals surface area contributed by atoms with Crippen molar-refractivity contribution in [2.24, 2.45) is 0 Å². The molecule has 1 aliphatic carbocycles. The number of morpholine rings is 1. The Labute approximate surface area is 194 Å². The molecule has 0 amide bonds. The number of aryl methyl sites for hydroxylation is 1. The molecule has 2 aliphatic rings. The van der Waals surface area contributed by atoms with Crippen molar-refractivity contribution >= 4 is 27.9 Å². The Bertz CT molecular complexity index is 1280. The van der Waals surface area contributed by atoms with Gasteiger partial charge in [0.1, 0.15) is 5.52 Å². The highest BCUT2D eigenvalue weighted by Crippen LogP contribution is 2.27. The Morgan fingerprint density at radius 3 is 2.70 bits per heavy atom. The number of H-pyrrole nitrogens is 1. The number of aromatic nitrogens is 5. The van der Waals surface area contributed by atoms with Gasteiger partial charge >= 0.3 is 0 Å². The van der Waals surface area contributed by atoms with Gasteiger partial charge in [-0.05, 0) is 31.9 Å². The monoisotopic (exact) mass is 465 g/mol. The number of rotatable bonds is 4. The Morgan fingerprint density at radius 2 is 2.00 bits per heavy atom. The predicted octanol–water partition coefficient (Wildman–Crippen LogP) is 2.98. The number of pyridine rings is 1. The zero-order valence-corrected chi connectivity index (χ0v) is 19.1. The second-order valence-corrected chi connectivity index (χ2v) is 9.36. The van der Waals surface area contributed by atoms with Crippen molar-refractivity contribution in [1.82, 2.24) is 24.7 Å². The summed E-state index contributed by atoms with van der Waals surface area (Å²) >= 11 is -1.76. The van der Waals surface area contributed by atoms with Crippen LogP contribution in [0.2, 0.25) is 0 Å². The number of ether oxygens (including phenoxy) is 1. The number of hydrogen-bond donors (Lipinski definition) is 1. The number of aromatic amines is 1. The molecule has 1 saturated carbocycles. The van der Waals surface area contributed by atoms with E-state index in [0.717, 1.165) is 67.4 Å². The second-order valence-electron chi connectivity index (χ2n) is 8.18. The fourth-order valence-electron chi connectivity index (χ4n) is 3.74. The van der Waals surface area contributed by atoms with Crippen LogP contribution in [0.25, 0.3) is 28.2 Å². The van der Waals surface area contributed by atoms with Crippen LogP contribution in [0.15, 0.2) is 48.9 Å². The minimum atomic E-state index is -1.76. The first-order valence-corrected chi connectivity index (χ1v) is 12.1. The van der Waals surface area contributed by atoms with E-state index in [1.165, 1.54) is 5.56 Å². The normalized spacial score (nSPS) is 17.0. The minimum Gasteiger partial charge on any atom is -0.772 e. The Balaban J connectivity index is 0.000000332. The number of nitrogens with zero attached hydrogens (tertiary/aromatic N) is 5.